The van der Waals surface area contributed by atoms with Crippen LogP contribution in [-0.4, -0.2) is 44.4 Å². The second-order valence-electron chi connectivity index (χ2n) is 16.0. The molecule has 4 fully saturated rings. The number of fused-ring (bicyclic) bond motifs is 7. The number of ether oxygens (including phenoxy) is 1. The summed E-state index contributed by atoms with van der Waals surface area (Å²) in [5.74, 6) is -3.64. The number of carbonyl (C=O) groups is 4. The molecule has 0 spiro atoms. The average Bonchev–Trinajstić information content (AvgIpc) is 2.92. The lowest BCUT2D eigenvalue weighted by molar-refractivity contribution is -0.192. The predicted molar refractivity (Wildman–Crippen MR) is 156 cm³/mol. The van der Waals surface area contributed by atoms with E-state index in [1.165, 1.54) is 13.2 Å². The van der Waals surface area contributed by atoms with Gasteiger partial charge in [0, 0.05) is 11.3 Å². The van der Waals surface area contributed by atoms with Gasteiger partial charge >= 0.3 is 21.6 Å². The highest BCUT2D eigenvalue weighted by molar-refractivity contribution is 7.87. The summed E-state index contributed by atoms with van der Waals surface area (Å²) >= 11 is 0. The summed E-state index contributed by atoms with van der Waals surface area (Å²) in [6, 6.07) is 0. The predicted octanol–water partition coefficient (Wildman–Crippen LogP) is 6.25. The Morgan fingerprint density at radius 1 is 0.933 bits per heavy atom. The third-order valence-corrected chi connectivity index (χ3v) is 14.0. The number of hydrogen-bond acceptors (Lipinski definition) is 8. The van der Waals surface area contributed by atoms with Gasteiger partial charge in [-0.25, -0.2) is 0 Å². The zero-order valence-electron chi connectivity index (χ0n) is 27.1. The van der Waals surface area contributed by atoms with Crippen LogP contribution >= 0.6 is 0 Å². The second kappa shape index (κ2) is 9.76. The molecule has 8 nitrogen and oxygen atoms in total. The molecule has 45 heavy (non-hydrogen) atoms. The topological polar surface area (TPSA) is 121 Å². The number of rotatable bonds is 3. The number of hydrogen-bond donors (Lipinski definition) is 0. The highest BCUT2D eigenvalue weighted by Crippen LogP contribution is 2.74. The molecular weight excluding hydrogens is 613 g/mol. The maximum absolute atomic E-state index is 14.5. The van der Waals surface area contributed by atoms with E-state index in [2.05, 4.69) is 25.0 Å². The molecule has 0 saturated heterocycles. The zero-order valence-corrected chi connectivity index (χ0v) is 28.0. The van der Waals surface area contributed by atoms with Crippen molar-refractivity contribution < 1.29 is 49.7 Å². The normalized spacial score (nSPS) is 41.7. The summed E-state index contributed by atoms with van der Waals surface area (Å²) in [5, 5.41) is 0. The molecular formula is C33H43F3O8S. The Kier molecular flexibility index (Phi) is 7.34. The summed E-state index contributed by atoms with van der Waals surface area (Å²) < 4.78 is 72.1. The molecule has 0 heterocycles. The van der Waals surface area contributed by atoms with Crippen molar-refractivity contribution in [2.45, 2.75) is 98.9 Å². The number of allylic oxidation sites excluding steroid dienone is 3. The molecule has 0 aromatic rings. The quantitative estimate of drug-likeness (QED) is 0.0874. The molecule has 0 aromatic carbocycles. The van der Waals surface area contributed by atoms with Crippen LogP contribution in [0.1, 0.15) is 93.4 Å². The van der Waals surface area contributed by atoms with Crippen molar-refractivity contribution >= 4 is 33.4 Å². The van der Waals surface area contributed by atoms with Gasteiger partial charge in [0.05, 0.1) is 23.5 Å². The molecule has 250 valence electrons. The highest BCUT2D eigenvalue weighted by atomic mass is 32.2. The maximum Gasteiger partial charge on any atom is 0.534 e. The average molecular weight is 657 g/mol. The number of halogens is 3. The second-order valence-corrected chi connectivity index (χ2v) is 17.6. The van der Waals surface area contributed by atoms with Crippen LogP contribution < -0.4 is 0 Å². The summed E-state index contributed by atoms with van der Waals surface area (Å²) in [7, 11) is -4.75. The molecule has 4 saturated carbocycles. The molecule has 0 aromatic heterocycles. The minimum absolute atomic E-state index is 0.116. The Labute approximate surface area is 262 Å². The van der Waals surface area contributed by atoms with Gasteiger partial charge in [-0.05, 0) is 91.6 Å². The molecule has 5 aliphatic carbocycles. The van der Waals surface area contributed by atoms with Crippen molar-refractivity contribution in [1.82, 2.24) is 0 Å². The molecule has 0 aliphatic heterocycles. The van der Waals surface area contributed by atoms with E-state index in [0.717, 1.165) is 6.42 Å². The van der Waals surface area contributed by atoms with E-state index in [0.29, 0.717) is 44.1 Å². The number of methoxy groups -OCH3 is 1. The molecule has 12 heteroatoms. The van der Waals surface area contributed by atoms with Crippen LogP contribution in [0.4, 0.5) is 13.2 Å². The van der Waals surface area contributed by atoms with Crippen LogP contribution in [0.5, 0.6) is 0 Å². The van der Waals surface area contributed by atoms with E-state index in [-0.39, 0.29) is 29.3 Å². The van der Waals surface area contributed by atoms with Crippen LogP contribution in [0.25, 0.3) is 0 Å². The minimum Gasteiger partial charge on any atom is -0.469 e. The van der Waals surface area contributed by atoms with E-state index in [1.807, 2.05) is 6.92 Å². The van der Waals surface area contributed by atoms with Crippen LogP contribution in [0.3, 0.4) is 0 Å². The lowest BCUT2D eigenvalue weighted by Gasteiger charge is -2.68. The van der Waals surface area contributed by atoms with E-state index in [4.69, 9.17) is 4.74 Å². The molecule has 7 atom stereocenters. The number of ketones is 3. The number of esters is 1. The van der Waals surface area contributed by atoms with E-state index >= 15 is 0 Å². The Morgan fingerprint density at radius 2 is 1.53 bits per heavy atom. The Bertz CT molecular complexity index is 1550. The molecule has 0 amide bonds. The standard InChI is InChI=1S/C33H43F3O8S/c1-27(2)11-13-32(26(40)43-8)14-12-30(6)23(19(32)16-27)20(37)15-22-29(30,5)10-9-21-28(3,4)24(38)18(25(39)31(21,22)7)17-44-45(41,42)33(34,35)36/h15,17,19,21,23H,9-14,16H2,1-8H3/t19-,21-,23-,29+,30+,31-,32-/m0/s1. The van der Waals surface area contributed by atoms with Crippen molar-refractivity contribution in [2.24, 2.45) is 50.2 Å². The van der Waals surface area contributed by atoms with Gasteiger partial charge in [0.15, 0.2) is 17.3 Å². The van der Waals surface area contributed by atoms with Crippen LogP contribution in [0, 0.1) is 50.2 Å². The van der Waals surface area contributed by atoms with Crippen molar-refractivity contribution in [3.63, 3.8) is 0 Å². The highest BCUT2D eigenvalue weighted by Gasteiger charge is 2.73. The monoisotopic (exact) mass is 656 g/mol. The van der Waals surface area contributed by atoms with Gasteiger partial charge in [-0.15, -0.1) is 0 Å². The Hall–Kier alpha value is -2.50. The van der Waals surface area contributed by atoms with E-state index < -0.39 is 71.7 Å². The molecule has 5 rings (SSSR count). The van der Waals surface area contributed by atoms with Crippen LogP contribution in [0.15, 0.2) is 23.5 Å². The first kappa shape index (κ1) is 33.9. The third kappa shape index (κ3) is 4.31. The Morgan fingerprint density at radius 3 is 2.11 bits per heavy atom. The van der Waals surface area contributed by atoms with Crippen LogP contribution in [-0.2, 0) is 38.2 Å². The molecule has 0 N–H and O–H groups in total. The van der Waals surface area contributed by atoms with Gasteiger partial charge in [-0.1, -0.05) is 41.5 Å². The first-order valence-corrected chi connectivity index (χ1v) is 16.9. The van der Waals surface area contributed by atoms with E-state index in [1.54, 1.807) is 20.8 Å². The number of alkyl halides is 3. The van der Waals surface area contributed by atoms with Crippen molar-refractivity contribution in [1.29, 1.82) is 0 Å². The summed E-state index contributed by atoms with van der Waals surface area (Å²) in [4.78, 5) is 55.9. The van der Waals surface area contributed by atoms with Gasteiger partial charge in [0.2, 0.25) is 0 Å². The first-order valence-electron chi connectivity index (χ1n) is 15.5. The zero-order chi connectivity index (χ0) is 34.0. The summed E-state index contributed by atoms with van der Waals surface area (Å²) in [5.41, 5.74) is -11.2. The van der Waals surface area contributed by atoms with Gasteiger partial charge in [0.25, 0.3) is 0 Å². The SMILES string of the molecule is COC(=O)[C@]12CCC(C)(C)C[C@H]1[C@H]1C(=O)C=C3[C@@]4(C)C(=O)C(=COS(=O)(=O)C(F)(F)F)C(=O)C(C)(C)[C@@H]4CC[C@@]3(C)[C@]1(C)CC2. The largest absolute Gasteiger partial charge is 0.534 e. The first-order chi connectivity index (χ1) is 20.4. The lowest BCUT2D eigenvalue weighted by Crippen LogP contribution is -2.67. The fraction of sp³-hybridized carbons (Fsp3) is 0.758. The number of Topliss-reactive ketones (excluding diaryl/α,β-unsaturated/α-hetero) is 2. The minimum atomic E-state index is -6.12. The van der Waals surface area contributed by atoms with Crippen molar-refractivity contribution in [3.05, 3.63) is 23.5 Å². The molecule has 0 radical (unpaired) electrons. The summed E-state index contributed by atoms with van der Waals surface area (Å²) in [6.45, 7) is 13.1. The van der Waals surface area contributed by atoms with E-state index in [9.17, 15) is 40.8 Å². The fourth-order valence-electron chi connectivity index (χ4n) is 10.4. The smallest absolute Gasteiger partial charge is 0.469 e. The molecule has 0 bridgehead atoms. The van der Waals surface area contributed by atoms with Crippen molar-refractivity contribution in [2.75, 3.05) is 7.11 Å². The van der Waals surface area contributed by atoms with Gasteiger partial charge < -0.3 is 8.92 Å². The van der Waals surface area contributed by atoms with Crippen molar-refractivity contribution in [3.8, 4) is 0 Å². The third-order valence-electron chi connectivity index (χ3n) is 13.1. The summed E-state index contributed by atoms with van der Waals surface area (Å²) in [6.07, 6.45) is 5.66. The lowest BCUT2D eigenvalue weighted by atomic mass is 9.33. The van der Waals surface area contributed by atoms with Gasteiger partial charge in [-0.3, -0.25) is 19.2 Å². The number of carbonyl (C=O) groups excluding carboxylic acids is 4. The Balaban J connectivity index is 1.67. The van der Waals surface area contributed by atoms with Gasteiger partial charge in [-0.2, -0.15) is 21.6 Å². The maximum atomic E-state index is 14.5. The van der Waals surface area contributed by atoms with Gasteiger partial charge in [0.1, 0.15) is 6.26 Å². The molecule has 5 aliphatic rings. The fourth-order valence-corrected chi connectivity index (χ4v) is 10.8. The van der Waals surface area contributed by atoms with Crippen LogP contribution in [0.2, 0.25) is 0 Å². The molecule has 0 unspecified atom stereocenters.